The maximum absolute atomic E-state index is 12.3. The van der Waals surface area contributed by atoms with Crippen LogP contribution >= 0.6 is 0 Å². The van der Waals surface area contributed by atoms with E-state index in [1.165, 1.54) is 12.1 Å². The lowest BCUT2D eigenvalue weighted by molar-refractivity contribution is -0.153. The molecule has 0 bridgehead atoms. The number of para-hydroxylation sites is 1. The van der Waals surface area contributed by atoms with E-state index in [9.17, 15) is 13.2 Å². The summed E-state index contributed by atoms with van der Waals surface area (Å²) in [4.78, 5) is 0. The van der Waals surface area contributed by atoms with Crippen molar-refractivity contribution in [3.05, 3.63) is 59.7 Å². The Kier molecular flexibility index (Phi) is 4.95. The summed E-state index contributed by atoms with van der Waals surface area (Å²) >= 11 is 0. The van der Waals surface area contributed by atoms with E-state index in [-0.39, 0.29) is 18.1 Å². The Morgan fingerprint density at radius 3 is 2.32 bits per heavy atom. The van der Waals surface area contributed by atoms with E-state index in [1.54, 1.807) is 6.07 Å². The fraction of sp³-hybridized carbons (Fsp3) is 0.176. The standard InChI is InChI=1S/C17H13F3O2/c1-2-14-9-6-10-15(22-12-17(18,19)20)16(14)21-11-13-7-4-3-5-8-13/h1,3-10H,11-12H2. The zero-order valence-corrected chi connectivity index (χ0v) is 11.6. The minimum absolute atomic E-state index is 0.0243. The highest BCUT2D eigenvalue weighted by Crippen LogP contribution is 2.32. The third-order valence-electron chi connectivity index (χ3n) is 2.75. The number of halogens is 3. The molecule has 0 spiro atoms. The fourth-order valence-electron chi connectivity index (χ4n) is 1.78. The molecule has 0 aliphatic heterocycles. The van der Waals surface area contributed by atoms with Crippen molar-refractivity contribution in [2.45, 2.75) is 12.8 Å². The molecule has 0 heterocycles. The van der Waals surface area contributed by atoms with E-state index < -0.39 is 12.8 Å². The molecule has 5 heteroatoms. The van der Waals surface area contributed by atoms with Gasteiger partial charge in [-0.25, -0.2) is 0 Å². The summed E-state index contributed by atoms with van der Waals surface area (Å²) in [5.74, 6) is 2.50. The average Bonchev–Trinajstić information content (AvgIpc) is 2.51. The smallest absolute Gasteiger partial charge is 0.422 e. The Morgan fingerprint density at radius 1 is 0.955 bits per heavy atom. The average molecular weight is 306 g/mol. The summed E-state index contributed by atoms with van der Waals surface area (Å²) < 4.78 is 47.3. The maximum atomic E-state index is 12.3. The van der Waals surface area contributed by atoms with Crippen molar-refractivity contribution in [2.75, 3.05) is 6.61 Å². The van der Waals surface area contributed by atoms with Crippen LogP contribution in [0.2, 0.25) is 0 Å². The number of terminal acetylenes is 1. The molecule has 0 N–H and O–H groups in total. The largest absolute Gasteiger partial charge is 0.484 e. The molecule has 2 aromatic carbocycles. The van der Waals surface area contributed by atoms with Crippen LogP contribution in [0, 0.1) is 12.3 Å². The molecule has 0 aromatic heterocycles. The molecule has 0 fully saturated rings. The molecule has 2 nitrogen and oxygen atoms in total. The van der Waals surface area contributed by atoms with Crippen LogP contribution in [-0.4, -0.2) is 12.8 Å². The van der Waals surface area contributed by atoms with Gasteiger partial charge in [0.15, 0.2) is 18.1 Å². The van der Waals surface area contributed by atoms with Gasteiger partial charge in [0, 0.05) is 0 Å². The van der Waals surface area contributed by atoms with E-state index in [2.05, 4.69) is 5.92 Å². The molecular formula is C17H13F3O2. The third-order valence-corrected chi connectivity index (χ3v) is 2.75. The van der Waals surface area contributed by atoms with E-state index >= 15 is 0 Å². The van der Waals surface area contributed by atoms with Crippen LogP contribution in [-0.2, 0) is 6.61 Å². The van der Waals surface area contributed by atoms with Crippen molar-refractivity contribution in [3.63, 3.8) is 0 Å². The predicted molar refractivity (Wildman–Crippen MR) is 76.7 cm³/mol. The van der Waals surface area contributed by atoms with Gasteiger partial charge >= 0.3 is 6.18 Å². The summed E-state index contributed by atoms with van der Waals surface area (Å²) in [6.45, 7) is -1.22. The molecule has 0 saturated heterocycles. The summed E-state index contributed by atoms with van der Waals surface area (Å²) in [7, 11) is 0. The first kappa shape index (κ1) is 15.8. The zero-order valence-electron chi connectivity index (χ0n) is 11.6. The van der Waals surface area contributed by atoms with Crippen molar-refractivity contribution >= 4 is 0 Å². The molecule has 2 rings (SSSR count). The number of hydrogen-bond acceptors (Lipinski definition) is 2. The van der Waals surface area contributed by atoms with E-state index in [4.69, 9.17) is 15.9 Å². The van der Waals surface area contributed by atoms with Gasteiger partial charge in [-0.2, -0.15) is 13.2 Å². The Balaban J connectivity index is 2.18. The van der Waals surface area contributed by atoms with Crippen molar-refractivity contribution < 1.29 is 22.6 Å². The van der Waals surface area contributed by atoms with E-state index in [0.717, 1.165) is 5.56 Å². The minimum Gasteiger partial charge on any atom is -0.484 e. The summed E-state index contributed by atoms with van der Waals surface area (Å²) in [5, 5.41) is 0. The first-order valence-corrected chi connectivity index (χ1v) is 6.45. The Hall–Kier alpha value is -2.61. The fourth-order valence-corrected chi connectivity index (χ4v) is 1.78. The van der Waals surface area contributed by atoms with Crippen molar-refractivity contribution in [3.8, 4) is 23.8 Å². The highest BCUT2D eigenvalue weighted by molar-refractivity contribution is 5.53. The number of hydrogen-bond donors (Lipinski definition) is 0. The van der Waals surface area contributed by atoms with E-state index in [0.29, 0.717) is 5.56 Å². The topological polar surface area (TPSA) is 18.5 Å². The molecular weight excluding hydrogens is 293 g/mol. The molecule has 22 heavy (non-hydrogen) atoms. The van der Waals surface area contributed by atoms with Crippen LogP contribution in [0.5, 0.6) is 11.5 Å². The Bertz CT molecular complexity index is 658. The number of benzene rings is 2. The molecule has 0 saturated carbocycles. The maximum Gasteiger partial charge on any atom is 0.422 e. The number of alkyl halides is 3. The van der Waals surface area contributed by atoms with Gasteiger partial charge in [0.25, 0.3) is 0 Å². The third kappa shape index (κ3) is 4.45. The SMILES string of the molecule is C#Cc1cccc(OCC(F)(F)F)c1OCc1ccccc1. The second-order valence-corrected chi connectivity index (χ2v) is 4.46. The molecule has 0 atom stereocenters. The lowest BCUT2D eigenvalue weighted by atomic mass is 10.2. The lowest BCUT2D eigenvalue weighted by Crippen LogP contribution is -2.19. The van der Waals surface area contributed by atoms with Gasteiger partial charge in [-0.15, -0.1) is 6.42 Å². The zero-order chi connectivity index (χ0) is 16.0. The molecule has 0 aliphatic rings. The molecule has 0 radical (unpaired) electrons. The monoisotopic (exact) mass is 306 g/mol. The summed E-state index contributed by atoms with van der Waals surface area (Å²) in [6, 6.07) is 13.7. The predicted octanol–water partition coefficient (Wildman–Crippen LogP) is 4.19. The van der Waals surface area contributed by atoms with Gasteiger partial charge in [-0.1, -0.05) is 42.3 Å². The van der Waals surface area contributed by atoms with E-state index in [1.807, 2.05) is 30.3 Å². The van der Waals surface area contributed by atoms with Crippen LogP contribution in [0.3, 0.4) is 0 Å². The quantitative estimate of drug-likeness (QED) is 0.771. The normalized spacial score (nSPS) is 10.8. The minimum atomic E-state index is -4.43. The highest BCUT2D eigenvalue weighted by atomic mass is 19.4. The highest BCUT2D eigenvalue weighted by Gasteiger charge is 2.29. The second-order valence-electron chi connectivity index (χ2n) is 4.46. The Morgan fingerprint density at radius 2 is 1.68 bits per heavy atom. The van der Waals surface area contributed by atoms with Crippen molar-refractivity contribution in [1.29, 1.82) is 0 Å². The van der Waals surface area contributed by atoms with Crippen LogP contribution < -0.4 is 9.47 Å². The van der Waals surface area contributed by atoms with Crippen LogP contribution in [0.25, 0.3) is 0 Å². The summed E-state index contributed by atoms with van der Waals surface area (Å²) in [5.41, 5.74) is 1.21. The van der Waals surface area contributed by atoms with Crippen molar-refractivity contribution in [1.82, 2.24) is 0 Å². The first-order chi connectivity index (χ1) is 10.5. The lowest BCUT2D eigenvalue weighted by Gasteiger charge is -2.15. The van der Waals surface area contributed by atoms with Crippen LogP contribution in [0.15, 0.2) is 48.5 Å². The Labute approximate surface area is 126 Å². The van der Waals surface area contributed by atoms with Crippen molar-refractivity contribution in [2.24, 2.45) is 0 Å². The van der Waals surface area contributed by atoms with Gasteiger partial charge in [-0.3, -0.25) is 0 Å². The second kappa shape index (κ2) is 6.90. The summed E-state index contributed by atoms with van der Waals surface area (Å²) in [6.07, 6.45) is 0.935. The van der Waals surface area contributed by atoms with Gasteiger partial charge in [0.2, 0.25) is 0 Å². The number of ether oxygens (including phenoxy) is 2. The molecule has 0 unspecified atom stereocenters. The molecule has 2 aromatic rings. The van der Waals surface area contributed by atoms with Gasteiger partial charge in [0.05, 0.1) is 5.56 Å². The van der Waals surface area contributed by atoms with Crippen LogP contribution in [0.4, 0.5) is 13.2 Å². The van der Waals surface area contributed by atoms with Gasteiger partial charge in [0.1, 0.15) is 6.61 Å². The number of rotatable bonds is 5. The molecule has 0 aliphatic carbocycles. The van der Waals surface area contributed by atoms with Gasteiger partial charge < -0.3 is 9.47 Å². The molecule has 0 amide bonds. The van der Waals surface area contributed by atoms with Crippen LogP contribution in [0.1, 0.15) is 11.1 Å². The molecule has 114 valence electrons. The van der Waals surface area contributed by atoms with Gasteiger partial charge in [-0.05, 0) is 17.7 Å². The first-order valence-electron chi connectivity index (χ1n) is 6.45.